The molecule has 6 heteroatoms. The largest absolute Gasteiger partial charge is 0.378 e. The molecule has 0 aliphatic heterocycles. The van der Waals surface area contributed by atoms with Crippen molar-refractivity contribution in [3.8, 4) is 10.7 Å². The number of anilines is 1. The fourth-order valence-electron chi connectivity index (χ4n) is 1.81. The van der Waals surface area contributed by atoms with Gasteiger partial charge in [0.25, 0.3) is 0 Å². The molecule has 0 aliphatic rings. The van der Waals surface area contributed by atoms with Crippen molar-refractivity contribution in [2.75, 3.05) is 5.32 Å². The molecule has 0 unspecified atom stereocenters. The van der Waals surface area contributed by atoms with E-state index in [0.717, 1.165) is 22.1 Å². The maximum Gasteiger partial charge on any atom is 0.142 e. The monoisotopic (exact) mass is 335 g/mol. The Hall–Kier alpha value is -1.62. The van der Waals surface area contributed by atoms with Crippen LogP contribution in [0.3, 0.4) is 0 Å². The normalized spacial score (nSPS) is 10.6. The Morgan fingerprint density at radius 3 is 2.86 bits per heavy atom. The van der Waals surface area contributed by atoms with Gasteiger partial charge >= 0.3 is 0 Å². The van der Waals surface area contributed by atoms with Crippen LogP contribution >= 0.6 is 34.5 Å². The van der Waals surface area contributed by atoms with E-state index in [4.69, 9.17) is 23.2 Å². The number of nitrogens with zero attached hydrogens (tertiary/aromatic N) is 2. The van der Waals surface area contributed by atoms with E-state index in [1.165, 1.54) is 0 Å². The lowest BCUT2D eigenvalue weighted by molar-refractivity contribution is 1.07. The third-order valence-corrected chi connectivity index (χ3v) is 4.30. The van der Waals surface area contributed by atoms with Crippen molar-refractivity contribution >= 4 is 40.2 Å². The van der Waals surface area contributed by atoms with Crippen molar-refractivity contribution in [1.29, 1.82) is 0 Å². The summed E-state index contributed by atoms with van der Waals surface area (Å²) in [5.41, 5.74) is 2.63. The quantitative estimate of drug-likeness (QED) is 0.718. The molecular weight excluding hydrogens is 325 g/mol. The van der Waals surface area contributed by atoms with Gasteiger partial charge in [-0.1, -0.05) is 29.3 Å². The average Bonchev–Trinajstić information content (AvgIpc) is 2.98. The summed E-state index contributed by atoms with van der Waals surface area (Å²) in [4.78, 5) is 8.86. The van der Waals surface area contributed by atoms with E-state index in [9.17, 15) is 0 Å². The summed E-state index contributed by atoms with van der Waals surface area (Å²) in [5, 5.41) is 7.44. The Balaban J connectivity index is 1.72. The van der Waals surface area contributed by atoms with Crippen LogP contribution in [0.4, 0.5) is 5.69 Å². The van der Waals surface area contributed by atoms with E-state index in [0.29, 0.717) is 16.6 Å². The second kappa shape index (κ2) is 6.43. The van der Waals surface area contributed by atoms with Gasteiger partial charge in [0.1, 0.15) is 5.01 Å². The predicted octanol–water partition coefficient (Wildman–Crippen LogP) is 5.12. The molecule has 0 bridgehead atoms. The van der Waals surface area contributed by atoms with Gasteiger partial charge in [0, 0.05) is 16.6 Å². The summed E-state index contributed by atoms with van der Waals surface area (Å²) in [6.07, 6.45) is 1.76. The smallest absolute Gasteiger partial charge is 0.142 e. The Kier molecular flexibility index (Phi) is 4.39. The fourth-order valence-corrected chi connectivity index (χ4v) is 2.97. The lowest BCUT2D eigenvalue weighted by atomic mass is 10.3. The Morgan fingerprint density at radius 1 is 1.14 bits per heavy atom. The highest BCUT2D eigenvalue weighted by Crippen LogP contribution is 2.27. The predicted molar refractivity (Wildman–Crippen MR) is 89.1 cm³/mol. The molecule has 3 aromatic rings. The first kappa shape index (κ1) is 14.3. The highest BCUT2D eigenvalue weighted by Gasteiger charge is 2.06. The Labute approximate surface area is 136 Å². The minimum Gasteiger partial charge on any atom is -0.378 e. The molecule has 0 aliphatic carbocycles. The third kappa shape index (κ3) is 3.53. The first-order valence-corrected chi connectivity index (χ1v) is 7.90. The molecule has 21 heavy (non-hydrogen) atoms. The summed E-state index contributed by atoms with van der Waals surface area (Å²) in [6.45, 7) is 0.587. The second-order valence-corrected chi connectivity index (χ2v) is 6.04. The van der Waals surface area contributed by atoms with Gasteiger partial charge in [-0.25, -0.2) is 4.98 Å². The lowest BCUT2D eigenvalue weighted by Crippen LogP contribution is -2.00. The van der Waals surface area contributed by atoms with E-state index < -0.39 is 0 Å². The number of nitrogens with one attached hydrogen (secondary N) is 1. The third-order valence-electron chi connectivity index (χ3n) is 2.82. The van der Waals surface area contributed by atoms with E-state index in [1.807, 2.05) is 23.6 Å². The van der Waals surface area contributed by atoms with Crippen molar-refractivity contribution in [2.24, 2.45) is 0 Å². The highest BCUT2D eigenvalue weighted by molar-refractivity contribution is 7.13. The van der Waals surface area contributed by atoms with Gasteiger partial charge in [-0.3, -0.25) is 4.98 Å². The molecule has 0 spiro atoms. The topological polar surface area (TPSA) is 37.8 Å². The first-order chi connectivity index (χ1) is 10.2. The maximum absolute atomic E-state index is 6.11. The lowest BCUT2D eigenvalue weighted by Gasteiger charge is -2.07. The van der Waals surface area contributed by atoms with Crippen LogP contribution in [0.15, 0.2) is 48.0 Å². The molecule has 106 valence electrons. The van der Waals surface area contributed by atoms with Gasteiger partial charge in [-0.2, -0.15) is 0 Å². The van der Waals surface area contributed by atoms with Crippen LogP contribution in [0, 0.1) is 0 Å². The Morgan fingerprint density at radius 2 is 2.05 bits per heavy atom. The van der Waals surface area contributed by atoms with Gasteiger partial charge in [0.05, 0.1) is 28.6 Å². The molecule has 0 fully saturated rings. The standard InChI is InChI=1S/C15H11Cl2N3S/c16-10-4-5-12(17)14(7-10)19-8-11-9-21-15(20-11)13-3-1-2-6-18-13/h1-7,9,19H,8H2. The number of rotatable bonds is 4. The zero-order chi connectivity index (χ0) is 14.7. The molecule has 0 atom stereocenters. The SMILES string of the molecule is Clc1ccc(Cl)c(NCc2csc(-c3ccccn3)n2)c1. The Bertz CT molecular complexity index is 744. The van der Waals surface area contributed by atoms with E-state index in [-0.39, 0.29) is 0 Å². The zero-order valence-electron chi connectivity index (χ0n) is 10.9. The first-order valence-electron chi connectivity index (χ1n) is 6.27. The molecule has 2 heterocycles. The van der Waals surface area contributed by atoms with E-state index in [2.05, 4.69) is 15.3 Å². The van der Waals surface area contributed by atoms with Gasteiger partial charge in [0.2, 0.25) is 0 Å². The molecule has 3 nitrogen and oxygen atoms in total. The zero-order valence-corrected chi connectivity index (χ0v) is 13.2. The number of thiazole rings is 1. The number of benzene rings is 1. The number of aromatic nitrogens is 2. The maximum atomic E-state index is 6.11. The molecule has 0 saturated heterocycles. The number of hydrogen-bond acceptors (Lipinski definition) is 4. The van der Waals surface area contributed by atoms with Crippen LogP contribution in [-0.2, 0) is 6.54 Å². The molecule has 3 rings (SSSR count). The number of halogens is 2. The average molecular weight is 336 g/mol. The fraction of sp³-hybridized carbons (Fsp3) is 0.0667. The minimum atomic E-state index is 0.587. The van der Waals surface area contributed by atoms with E-state index in [1.54, 1.807) is 35.7 Å². The van der Waals surface area contributed by atoms with Gasteiger partial charge in [-0.05, 0) is 30.3 Å². The van der Waals surface area contributed by atoms with Crippen LogP contribution < -0.4 is 5.32 Å². The van der Waals surface area contributed by atoms with Crippen LogP contribution in [0.1, 0.15) is 5.69 Å². The molecule has 1 aromatic carbocycles. The summed E-state index contributed by atoms with van der Waals surface area (Å²) >= 11 is 13.6. The molecule has 0 radical (unpaired) electrons. The summed E-state index contributed by atoms with van der Waals surface area (Å²) in [5.74, 6) is 0. The van der Waals surface area contributed by atoms with E-state index >= 15 is 0 Å². The van der Waals surface area contributed by atoms with Crippen molar-refractivity contribution in [3.63, 3.8) is 0 Å². The minimum absolute atomic E-state index is 0.587. The number of hydrogen-bond donors (Lipinski definition) is 1. The van der Waals surface area contributed by atoms with Crippen LogP contribution in [0.5, 0.6) is 0 Å². The summed E-state index contributed by atoms with van der Waals surface area (Å²) < 4.78 is 0. The molecule has 0 amide bonds. The van der Waals surface area contributed by atoms with Crippen molar-refractivity contribution < 1.29 is 0 Å². The summed E-state index contributed by atoms with van der Waals surface area (Å²) in [6, 6.07) is 11.1. The molecule has 1 N–H and O–H groups in total. The molecule has 0 saturated carbocycles. The van der Waals surface area contributed by atoms with Crippen molar-refractivity contribution in [3.05, 3.63) is 63.7 Å². The van der Waals surface area contributed by atoms with Crippen molar-refractivity contribution in [1.82, 2.24) is 9.97 Å². The summed E-state index contributed by atoms with van der Waals surface area (Å²) in [7, 11) is 0. The van der Waals surface area contributed by atoms with Crippen LogP contribution in [-0.4, -0.2) is 9.97 Å². The second-order valence-electron chi connectivity index (χ2n) is 4.34. The van der Waals surface area contributed by atoms with Gasteiger partial charge in [-0.15, -0.1) is 11.3 Å². The highest BCUT2D eigenvalue weighted by atomic mass is 35.5. The van der Waals surface area contributed by atoms with Crippen LogP contribution in [0.25, 0.3) is 10.7 Å². The van der Waals surface area contributed by atoms with Gasteiger partial charge < -0.3 is 5.32 Å². The number of pyridine rings is 1. The molecule has 2 aromatic heterocycles. The van der Waals surface area contributed by atoms with Crippen LogP contribution in [0.2, 0.25) is 10.0 Å². The van der Waals surface area contributed by atoms with Crippen molar-refractivity contribution in [2.45, 2.75) is 6.54 Å². The van der Waals surface area contributed by atoms with Gasteiger partial charge in [0.15, 0.2) is 0 Å². The molecular formula is C15H11Cl2N3S.